The first-order chi connectivity index (χ1) is 10.0. The molecule has 0 fully saturated rings. The number of hydrogen-bond donors (Lipinski definition) is 0. The highest BCUT2D eigenvalue weighted by Crippen LogP contribution is 2.47. The molecule has 1 aliphatic heterocycles. The lowest BCUT2D eigenvalue weighted by Gasteiger charge is -2.32. The first-order valence-corrected chi connectivity index (χ1v) is 9.90. The van der Waals surface area contributed by atoms with Crippen LogP contribution >= 0.6 is 22.4 Å². The van der Waals surface area contributed by atoms with Crippen molar-refractivity contribution in [1.82, 2.24) is 0 Å². The fraction of sp³-hybridized carbons (Fsp3) is 0.200. The van der Waals surface area contributed by atoms with Crippen LogP contribution in [0.3, 0.4) is 0 Å². The highest BCUT2D eigenvalue weighted by molar-refractivity contribution is 8.13. The minimum absolute atomic E-state index is 0.0114. The summed E-state index contributed by atoms with van der Waals surface area (Å²) in [7, 11) is 1.86. The van der Waals surface area contributed by atoms with Crippen LogP contribution in [-0.2, 0) is 9.05 Å². The van der Waals surface area contributed by atoms with Gasteiger partial charge in [-0.1, -0.05) is 36.0 Å². The van der Waals surface area contributed by atoms with E-state index in [1.54, 1.807) is 11.8 Å². The van der Waals surface area contributed by atoms with E-state index >= 15 is 0 Å². The Balaban J connectivity index is 1.91. The van der Waals surface area contributed by atoms with Gasteiger partial charge in [-0.3, -0.25) is 0 Å². The van der Waals surface area contributed by atoms with Gasteiger partial charge in [0.2, 0.25) is 9.05 Å². The van der Waals surface area contributed by atoms with Gasteiger partial charge in [0, 0.05) is 27.0 Å². The molecule has 0 atom stereocenters. The SMILES string of the molecule is O=S(=O)(Cl)CCCN1c2ccccc2Sc2ccccc21. The van der Waals surface area contributed by atoms with Crippen LogP contribution in [0.1, 0.15) is 6.42 Å². The van der Waals surface area contributed by atoms with E-state index in [2.05, 4.69) is 29.2 Å². The second-order valence-corrected chi connectivity index (χ2v) is 8.77. The average molecular weight is 340 g/mol. The fourth-order valence-electron chi connectivity index (χ4n) is 2.42. The lowest BCUT2D eigenvalue weighted by molar-refractivity contribution is 0.607. The summed E-state index contributed by atoms with van der Waals surface area (Å²) >= 11 is 1.74. The van der Waals surface area contributed by atoms with Crippen molar-refractivity contribution >= 4 is 42.9 Å². The molecule has 0 aromatic heterocycles. The van der Waals surface area contributed by atoms with Crippen molar-refractivity contribution in [1.29, 1.82) is 0 Å². The summed E-state index contributed by atoms with van der Waals surface area (Å²) in [6.07, 6.45) is 0.499. The molecule has 3 nitrogen and oxygen atoms in total. The fourth-order valence-corrected chi connectivity index (χ4v) is 4.31. The molecule has 110 valence electrons. The molecule has 0 N–H and O–H groups in total. The van der Waals surface area contributed by atoms with Gasteiger partial charge in [-0.2, -0.15) is 0 Å². The van der Waals surface area contributed by atoms with Gasteiger partial charge in [0.1, 0.15) is 0 Å². The molecule has 0 unspecified atom stereocenters. The molecule has 1 heterocycles. The third-order valence-corrected chi connectivity index (χ3v) is 5.67. The Morgan fingerprint density at radius 2 is 1.48 bits per heavy atom. The lowest BCUT2D eigenvalue weighted by Crippen LogP contribution is -2.23. The van der Waals surface area contributed by atoms with E-state index in [9.17, 15) is 8.42 Å². The lowest BCUT2D eigenvalue weighted by atomic mass is 10.2. The molecule has 1 aliphatic rings. The summed E-state index contributed by atoms with van der Waals surface area (Å²) in [5.74, 6) is -0.0114. The van der Waals surface area contributed by atoms with Crippen molar-refractivity contribution in [2.75, 3.05) is 17.2 Å². The summed E-state index contributed by atoms with van der Waals surface area (Å²) in [4.78, 5) is 4.54. The van der Waals surface area contributed by atoms with Crippen molar-refractivity contribution < 1.29 is 8.42 Å². The predicted molar refractivity (Wildman–Crippen MR) is 88.3 cm³/mol. The molecule has 0 saturated heterocycles. The molecule has 0 aliphatic carbocycles. The number of hydrogen-bond acceptors (Lipinski definition) is 4. The molecule has 0 radical (unpaired) electrons. The van der Waals surface area contributed by atoms with Crippen LogP contribution in [0, 0.1) is 0 Å². The van der Waals surface area contributed by atoms with Crippen LogP contribution < -0.4 is 4.90 Å². The van der Waals surface area contributed by atoms with Crippen LogP contribution in [0.5, 0.6) is 0 Å². The van der Waals surface area contributed by atoms with E-state index in [0.29, 0.717) is 13.0 Å². The molecule has 2 aromatic carbocycles. The third-order valence-electron chi connectivity index (χ3n) is 3.30. The molecular formula is C15H14ClNO2S2. The first kappa shape index (κ1) is 14.8. The topological polar surface area (TPSA) is 37.4 Å². The van der Waals surface area contributed by atoms with Crippen LogP contribution in [0.25, 0.3) is 0 Å². The van der Waals surface area contributed by atoms with Crippen molar-refractivity contribution in [2.45, 2.75) is 16.2 Å². The molecule has 21 heavy (non-hydrogen) atoms. The monoisotopic (exact) mass is 339 g/mol. The maximum absolute atomic E-state index is 11.1. The van der Waals surface area contributed by atoms with E-state index in [-0.39, 0.29) is 5.75 Å². The van der Waals surface area contributed by atoms with Gasteiger partial charge < -0.3 is 4.90 Å². The summed E-state index contributed by atoms with van der Waals surface area (Å²) in [5, 5.41) is 0. The molecule has 2 aromatic rings. The minimum atomic E-state index is -3.44. The summed E-state index contributed by atoms with van der Waals surface area (Å²) in [6, 6.07) is 16.3. The van der Waals surface area contributed by atoms with Crippen LogP contribution in [0.15, 0.2) is 58.3 Å². The van der Waals surface area contributed by atoms with E-state index in [0.717, 1.165) is 11.4 Å². The Morgan fingerprint density at radius 3 is 2.00 bits per heavy atom. The predicted octanol–water partition coefficient (Wildman–Crippen LogP) is 4.25. The minimum Gasteiger partial charge on any atom is -0.340 e. The van der Waals surface area contributed by atoms with Crippen molar-refractivity contribution in [3.8, 4) is 0 Å². The highest BCUT2D eigenvalue weighted by atomic mass is 35.7. The summed E-state index contributed by atoms with van der Waals surface area (Å²) in [5.41, 5.74) is 2.24. The normalized spacial score (nSPS) is 13.7. The van der Waals surface area contributed by atoms with Crippen molar-refractivity contribution in [3.05, 3.63) is 48.5 Å². The Kier molecular flexibility index (Phi) is 4.15. The van der Waals surface area contributed by atoms with E-state index in [1.165, 1.54) is 9.79 Å². The molecule has 0 spiro atoms. The van der Waals surface area contributed by atoms with E-state index < -0.39 is 9.05 Å². The summed E-state index contributed by atoms with van der Waals surface area (Å²) < 4.78 is 22.2. The van der Waals surface area contributed by atoms with Gasteiger partial charge in [0.25, 0.3) is 0 Å². The Morgan fingerprint density at radius 1 is 0.952 bits per heavy atom. The number of fused-ring (bicyclic) bond motifs is 2. The number of halogens is 1. The highest BCUT2D eigenvalue weighted by Gasteiger charge is 2.22. The quantitative estimate of drug-likeness (QED) is 0.780. The largest absolute Gasteiger partial charge is 0.340 e. The molecule has 0 bridgehead atoms. The maximum atomic E-state index is 11.1. The van der Waals surface area contributed by atoms with Crippen molar-refractivity contribution in [2.24, 2.45) is 0 Å². The summed E-state index contributed by atoms with van der Waals surface area (Å²) in [6.45, 7) is 0.626. The van der Waals surface area contributed by atoms with Gasteiger partial charge in [0.05, 0.1) is 17.1 Å². The average Bonchev–Trinajstić information content (AvgIpc) is 2.45. The molecule has 3 rings (SSSR count). The van der Waals surface area contributed by atoms with E-state index in [1.807, 2.05) is 24.3 Å². The molecule has 0 amide bonds. The van der Waals surface area contributed by atoms with Gasteiger partial charge in [-0.25, -0.2) is 8.42 Å². The number of rotatable bonds is 4. The molecule has 6 heteroatoms. The number of nitrogens with zero attached hydrogens (tertiary/aromatic N) is 1. The van der Waals surface area contributed by atoms with Crippen molar-refractivity contribution in [3.63, 3.8) is 0 Å². The zero-order chi connectivity index (χ0) is 14.9. The van der Waals surface area contributed by atoms with Gasteiger partial charge in [-0.05, 0) is 30.7 Å². The van der Waals surface area contributed by atoms with Crippen LogP contribution in [0.4, 0.5) is 11.4 Å². The Hall–Kier alpha value is -1.17. The molecular weight excluding hydrogens is 326 g/mol. The van der Waals surface area contributed by atoms with E-state index in [4.69, 9.17) is 10.7 Å². The zero-order valence-corrected chi connectivity index (χ0v) is 13.6. The Bertz CT molecular complexity index is 716. The third kappa shape index (κ3) is 3.36. The first-order valence-electron chi connectivity index (χ1n) is 6.60. The maximum Gasteiger partial charge on any atom is 0.232 e. The van der Waals surface area contributed by atoms with Gasteiger partial charge in [-0.15, -0.1) is 0 Å². The van der Waals surface area contributed by atoms with Gasteiger partial charge in [0.15, 0.2) is 0 Å². The van der Waals surface area contributed by atoms with Gasteiger partial charge >= 0.3 is 0 Å². The van der Waals surface area contributed by atoms with Crippen LogP contribution in [0.2, 0.25) is 0 Å². The van der Waals surface area contributed by atoms with Crippen LogP contribution in [-0.4, -0.2) is 20.7 Å². The Labute approximate surface area is 133 Å². The second kappa shape index (κ2) is 5.91. The molecule has 0 saturated carbocycles. The number of anilines is 2. The number of para-hydroxylation sites is 2. The number of benzene rings is 2. The zero-order valence-electron chi connectivity index (χ0n) is 11.2. The smallest absolute Gasteiger partial charge is 0.232 e. The second-order valence-electron chi connectivity index (χ2n) is 4.79. The standard InChI is InChI=1S/C15H14ClNO2S2/c16-21(18,19)11-5-10-17-12-6-1-3-8-14(12)20-15-9-4-2-7-13(15)17/h1-4,6-9H,5,10-11H2.